The minimum atomic E-state index is -0.447. The van der Waals surface area contributed by atoms with Crippen molar-refractivity contribution in [2.45, 2.75) is 13.0 Å². The molecular weight excluding hydrogens is 224 g/mol. The summed E-state index contributed by atoms with van der Waals surface area (Å²) in [6, 6.07) is 6.05. The first kappa shape index (κ1) is 11.4. The van der Waals surface area contributed by atoms with Gasteiger partial charge in [0.1, 0.15) is 6.61 Å². The van der Waals surface area contributed by atoms with Crippen molar-refractivity contribution in [3.05, 3.63) is 39.9 Å². The Kier molecular flexibility index (Phi) is 2.95. The van der Waals surface area contributed by atoms with Crippen LogP contribution in [0.15, 0.2) is 24.3 Å². The lowest BCUT2D eigenvalue weighted by molar-refractivity contribution is -0.384. The maximum atomic E-state index is 11.4. The van der Waals surface area contributed by atoms with Crippen molar-refractivity contribution < 1.29 is 14.5 Å². The summed E-state index contributed by atoms with van der Waals surface area (Å²) >= 11 is 0. The number of amides is 1. The van der Waals surface area contributed by atoms with Crippen LogP contribution in [0.2, 0.25) is 0 Å². The zero-order valence-electron chi connectivity index (χ0n) is 9.33. The van der Waals surface area contributed by atoms with Crippen molar-refractivity contribution in [2.24, 2.45) is 0 Å². The van der Waals surface area contributed by atoms with E-state index in [0.29, 0.717) is 13.2 Å². The Bertz CT molecular complexity index is 443. The summed E-state index contributed by atoms with van der Waals surface area (Å²) < 4.78 is 4.95. The molecule has 0 aliphatic carbocycles. The van der Waals surface area contributed by atoms with Crippen LogP contribution in [0.3, 0.4) is 0 Å². The Morgan fingerprint density at radius 1 is 1.47 bits per heavy atom. The molecule has 1 aromatic rings. The van der Waals surface area contributed by atoms with Crippen molar-refractivity contribution in [3.8, 4) is 0 Å². The first-order chi connectivity index (χ1) is 8.13. The summed E-state index contributed by atoms with van der Waals surface area (Å²) in [5.74, 6) is 0. The fraction of sp³-hybridized carbons (Fsp3) is 0.364. The van der Waals surface area contributed by atoms with Gasteiger partial charge in [0.05, 0.1) is 11.0 Å². The molecule has 0 N–H and O–H groups in total. The molecule has 6 heteroatoms. The number of nitro benzene ring substituents is 1. The molecule has 1 heterocycles. The Labute approximate surface area is 97.9 Å². The van der Waals surface area contributed by atoms with Gasteiger partial charge >= 0.3 is 6.09 Å². The largest absolute Gasteiger partial charge is 0.447 e. The normalized spacial score (nSPS) is 19.2. The Morgan fingerprint density at radius 2 is 2.12 bits per heavy atom. The average molecular weight is 236 g/mol. The van der Waals surface area contributed by atoms with E-state index < -0.39 is 4.92 Å². The molecule has 1 amide bonds. The van der Waals surface area contributed by atoms with Crippen LogP contribution >= 0.6 is 0 Å². The number of hydrogen-bond donors (Lipinski definition) is 0. The van der Waals surface area contributed by atoms with E-state index >= 15 is 0 Å². The third kappa shape index (κ3) is 2.06. The molecule has 0 saturated carbocycles. The highest BCUT2D eigenvalue weighted by Gasteiger charge is 2.32. The van der Waals surface area contributed by atoms with Crippen LogP contribution in [-0.4, -0.2) is 29.1 Å². The molecule has 1 aliphatic rings. The van der Waals surface area contributed by atoms with Crippen molar-refractivity contribution in [1.82, 2.24) is 4.90 Å². The van der Waals surface area contributed by atoms with Gasteiger partial charge in [-0.2, -0.15) is 0 Å². The number of rotatable bonds is 3. The Balaban J connectivity index is 2.23. The van der Waals surface area contributed by atoms with Gasteiger partial charge in [0, 0.05) is 18.7 Å². The van der Waals surface area contributed by atoms with Gasteiger partial charge in [0.2, 0.25) is 0 Å². The Hall–Kier alpha value is -2.11. The SMILES string of the molecule is CCN1C(=O)OCC1c1ccc([N+](=O)[O-])cc1. The van der Waals surface area contributed by atoms with Crippen molar-refractivity contribution in [3.63, 3.8) is 0 Å². The lowest BCUT2D eigenvalue weighted by atomic mass is 10.1. The topological polar surface area (TPSA) is 72.7 Å². The monoisotopic (exact) mass is 236 g/mol. The molecule has 90 valence electrons. The van der Waals surface area contributed by atoms with Gasteiger partial charge in [-0.25, -0.2) is 4.79 Å². The number of likely N-dealkylation sites (N-methyl/N-ethyl adjacent to an activating group) is 1. The third-order valence-electron chi connectivity index (χ3n) is 2.80. The number of nitro groups is 1. The van der Waals surface area contributed by atoms with Crippen LogP contribution < -0.4 is 0 Å². The summed E-state index contributed by atoms with van der Waals surface area (Å²) in [6.07, 6.45) is -0.337. The molecule has 1 unspecified atom stereocenters. The highest BCUT2D eigenvalue weighted by atomic mass is 16.6. The van der Waals surface area contributed by atoms with Crippen LogP contribution in [-0.2, 0) is 4.74 Å². The number of nitrogens with zero attached hydrogens (tertiary/aromatic N) is 2. The molecule has 2 rings (SSSR count). The zero-order chi connectivity index (χ0) is 12.4. The summed E-state index contributed by atoms with van der Waals surface area (Å²) in [6.45, 7) is 2.72. The molecule has 17 heavy (non-hydrogen) atoms. The second-order valence-electron chi connectivity index (χ2n) is 3.73. The first-order valence-electron chi connectivity index (χ1n) is 5.31. The van der Waals surface area contributed by atoms with Crippen LogP contribution in [0, 0.1) is 10.1 Å². The third-order valence-corrected chi connectivity index (χ3v) is 2.80. The molecule has 0 aromatic heterocycles. The molecule has 6 nitrogen and oxygen atoms in total. The van der Waals surface area contributed by atoms with E-state index in [4.69, 9.17) is 4.74 Å². The predicted molar refractivity (Wildman–Crippen MR) is 59.6 cm³/mol. The highest BCUT2D eigenvalue weighted by molar-refractivity contribution is 5.70. The lowest BCUT2D eigenvalue weighted by Gasteiger charge is -2.19. The summed E-state index contributed by atoms with van der Waals surface area (Å²) in [7, 11) is 0. The first-order valence-corrected chi connectivity index (χ1v) is 5.31. The van der Waals surface area contributed by atoms with Crippen LogP contribution in [0.1, 0.15) is 18.5 Å². The van der Waals surface area contributed by atoms with Gasteiger partial charge in [-0.3, -0.25) is 15.0 Å². The van der Waals surface area contributed by atoms with Crippen LogP contribution in [0.25, 0.3) is 0 Å². The lowest BCUT2D eigenvalue weighted by Crippen LogP contribution is -2.27. The fourth-order valence-corrected chi connectivity index (χ4v) is 1.89. The molecule has 1 fully saturated rings. The van der Waals surface area contributed by atoms with E-state index in [0.717, 1.165) is 5.56 Å². The second kappa shape index (κ2) is 4.40. The molecule has 0 spiro atoms. The number of ether oxygens (including phenoxy) is 1. The van der Waals surface area contributed by atoms with Gasteiger partial charge in [0.15, 0.2) is 0 Å². The minimum Gasteiger partial charge on any atom is -0.447 e. The highest BCUT2D eigenvalue weighted by Crippen LogP contribution is 2.28. The molecule has 1 aromatic carbocycles. The second-order valence-corrected chi connectivity index (χ2v) is 3.73. The molecule has 0 radical (unpaired) electrons. The van der Waals surface area contributed by atoms with E-state index in [1.807, 2.05) is 6.92 Å². The summed E-state index contributed by atoms with van der Waals surface area (Å²) in [5.41, 5.74) is 0.894. The summed E-state index contributed by atoms with van der Waals surface area (Å²) in [4.78, 5) is 23.0. The molecule has 0 bridgehead atoms. The number of non-ortho nitro benzene ring substituents is 1. The van der Waals surface area contributed by atoms with Crippen molar-refractivity contribution in [2.75, 3.05) is 13.2 Å². The Morgan fingerprint density at radius 3 is 2.65 bits per heavy atom. The number of benzene rings is 1. The van der Waals surface area contributed by atoms with Crippen molar-refractivity contribution >= 4 is 11.8 Å². The average Bonchev–Trinajstić information content (AvgIpc) is 2.70. The van der Waals surface area contributed by atoms with E-state index in [2.05, 4.69) is 0 Å². The van der Waals surface area contributed by atoms with Gasteiger partial charge < -0.3 is 4.74 Å². The number of cyclic esters (lactones) is 1. The number of carbonyl (C=O) groups is 1. The van der Waals surface area contributed by atoms with Crippen molar-refractivity contribution in [1.29, 1.82) is 0 Å². The minimum absolute atomic E-state index is 0.0436. The number of hydrogen-bond acceptors (Lipinski definition) is 4. The van der Waals surface area contributed by atoms with E-state index in [1.165, 1.54) is 12.1 Å². The maximum Gasteiger partial charge on any atom is 0.410 e. The molecule has 1 aliphatic heterocycles. The van der Waals surface area contributed by atoms with E-state index in [1.54, 1.807) is 17.0 Å². The molecule has 1 atom stereocenters. The summed E-state index contributed by atoms with van der Waals surface area (Å²) in [5, 5.41) is 10.5. The van der Waals surface area contributed by atoms with Crippen LogP contribution in [0.4, 0.5) is 10.5 Å². The molecular formula is C11H12N2O4. The van der Waals surface area contributed by atoms with Gasteiger partial charge in [-0.05, 0) is 24.6 Å². The number of carbonyl (C=O) groups excluding carboxylic acids is 1. The zero-order valence-corrected chi connectivity index (χ0v) is 9.33. The predicted octanol–water partition coefficient (Wildman–Crippen LogP) is 2.11. The van der Waals surface area contributed by atoms with E-state index in [-0.39, 0.29) is 17.8 Å². The van der Waals surface area contributed by atoms with Gasteiger partial charge in [-0.1, -0.05) is 0 Å². The van der Waals surface area contributed by atoms with Gasteiger partial charge in [0.25, 0.3) is 5.69 Å². The van der Waals surface area contributed by atoms with Gasteiger partial charge in [-0.15, -0.1) is 0 Å². The van der Waals surface area contributed by atoms with Crippen LogP contribution in [0.5, 0.6) is 0 Å². The fourth-order valence-electron chi connectivity index (χ4n) is 1.89. The quantitative estimate of drug-likeness (QED) is 0.595. The molecule has 1 saturated heterocycles. The van der Waals surface area contributed by atoms with E-state index in [9.17, 15) is 14.9 Å². The standard InChI is InChI=1S/C11H12N2O4/c1-2-12-10(7-17-11(12)14)8-3-5-9(6-4-8)13(15)16/h3-6,10H,2,7H2,1H3. The maximum absolute atomic E-state index is 11.4. The smallest absolute Gasteiger partial charge is 0.410 e.